The molecule has 3 heterocycles. The first-order valence-corrected chi connectivity index (χ1v) is 9.45. The number of nitrogens with one attached hydrogen (secondary N) is 2. The number of furan rings is 1. The molecule has 156 valence electrons. The van der Waals surface area contributed by atoms with Gasteiger partial charge in [0.2, 0.25) is 5.91 Å². The van der Waals surface area contributed by atoms with Crippen LogP contribution in [0.3, 0.4) is 0 Å². The van der Waals surface area contributed by atoms with Gasteiger partial charge in [-0.05, 0) is 25.1 Å². The van der Waals surface area contributed by atoms with E-state index in [2.05, 4.69) is 15.3 Å². The van der Waals surface area contributed by atoms with E-state index in [1.54, 1.807) is 26.4 Å². The Kier molecular flexibility index (Phi) is 5.18. The molecule has 0 saturated carbocycles. The Morgan fingerprint density at radius 2 is 2.00 bits per heavy atom. The van der Waals surface area contributed by atoms with E-state index in [4.69, 9.17) is 13.9 Å². The van der Waals surface area contributed by atoms with Crippen LogP contribution in [0.5, 0.6) is 11.5 Å². The molecule has 0 saturated heterocycles. The van der Waals surface area contributed by atoms with Crippen LogP contribution in [0, 0.1) is 6.92 Å². The fourth-order valence-electron chi connectivity index (χ4n) is 3.35. The number of ether oxygens (including phenoxy) is 2. The summed E-state index contributed by atoms with van der Waals surface area (Å²) in [5.41, 5.74) is 1.39. The number of carbonyl (C=O) groups excluding carboxylic acids is 1. The first kappa shape index (κ1) is 19.6. The zero-order valence-electron chi connectivity index (χ0n) is 16.9. The third-order valence-corrected chi connectivity index (χ3v) is 4.91. The number of nitrogens with zero attached hydrogens (tertiary/aromatic N) is 2. The molecule has 0 aliphatic carbocycles. The smallest absolute Gasteiger partial charge is 0.277 e. The number of methoxy groups -OCH3 is 2. The fraction of sp³-hybridized carbons (Fsp3) is 0.286. The molecular weight excluding hydrogens is 388 g/mol. The number of fused-ring (bicyclic) bond motifs is 3. The Hall–Kier alpha value is -3.75. The highest BCUT2D eigenvalue weighted by Crippen LogP contribution is 2.34. The molecule has 0 radical (unpaired) electrons. The molecule has 9 nitrogen and oxygen atoms in total. The van der Waals surface area contributed by atoms with Crippen molar-refractivity contribution < 1.29 is 18.7 Å². The Bertz CT molecular complexity index is 1280. The summed E-state index contributed by atoms with van der Waals surface area (Å²) in [7, 11) is 3.10. The minimum atomic E-state index is -0.247. The lowest BCUT2D eigenvalue weighted by Crippen LogP contribution is -2.27. The summed E-state index contributed by atoms with van der Waals surface area (Å²) in [6.45, 7) is 2.37. The Morgan fingerprint density at radius 3 is 2.70 bits per heavy atom. The van der Waals surface area contributed by atoms with Gasteiger partial charge in [-0.3, -0.25) is 14.2 Å². The second kappa shape index (κ2) is 7.94. The van der Waals surface area contributed by atoms with E-state index >= 15 is 0 Å². The highest BCUT2D eigenvalue weighted by atomic mass is 16.5. The standard InChI is InChI=1S/C21H22N4O5/c1-12-4-5-13(30-12)10-22-18(26)6-7-25-11-23-19-14-8-16(28-2)17(29-3)9-15(14)24-20(19)21(25)27/h4-5,8-9,11,24H,6-7,10H2,1-3H3,(H,22,26). The van der Waals surface area contributed by atoms with Gasteiger partial charge in [-0.1, -0.05) is 0 Å². The van der Waals surface area contributed by atoms with Crippen molar-refractivity contribution in [1.29, 1.82) is 0 Å². The van der Waals surface area contributed by atoms with Gasteiger partial charge in [0, 0.05) is 24.4 Å². The molecule has 1 amide bonds. The number of carbonyl (C=O) groups is 1. The maximum atomic E-state index is 12.9. The zero-order valence-corrected chi connectivity index (χ0v) is 16.9. The van der Waals surface area contributed by atoms with Gasteiger partial charge in [-0.15, -0.1) is 0 Å². The highest BCUT2D eigenvalue weighted by molar-refractivity contribution is 6.05. The van der Waals surface area contributed by atoms with Crippen molar-refractivity contribution in [2.24, 2.45) is 0 Å². The van der Waals surface area contributed by atoms with Crippen molar-refractivity contribution >= 4 is 27.8 Å². The first-order chi connectivity index (χ1) is 14.5. The van der Waals surface area contributed by atoms with E-state index < -0.39 is 0 Å². The zero-order chi connectivity index (χ0) is 21.3. The van der Waals surface area contributed by atoms with E-state index in [0.717, 1.165) is 16.7 Å². The van der Waals surface area contributed by atoms with Crippen molar-refractivity contribution in [2.75, 3.05) is 14.2 Å². The number of aryl methyl sites for hydroxylation is 2. The van der Waals surface area contributed by atoms with Crippen molar-refractivity contribution in [3.05, 3.63) is 52.5 Å². The van der Waals surface area contributed by atoms with Gasteiger partial charge in [-0.2, -0.15) is 0 Å². The highest BCUT2D eigenvalue weighted by Gasteiger charge is 2.15. The van der Waals surface area contributed by atoms with Gasteiger partial charge in [0.15, 0.2) is 11.5 Å². The maximum Gasteiger partial charge on any atom is 0.277 e. The molecule has 3 aromatic heterocycles. The lowest BCUT2D eigenvalue weighted by atomic mass is 10.2. The van der Waals surface area contributed by atoms with Gasteiger partial charge in [0.25, 0.3) is 5.56 Å². The summed E-state index contributed by atoms with van der Waals surface area (Å²) in [6, 6.07) is 7.21. The number of aromatic nitrogens is 3. The number of rotatable bonds is 7. The molecule has 0 aliphatic heterocycles. The molecule has 2 N–H and O–H groups in total. The number of amides is 1. The molecule has 9 heteroatoms. The number of aromatic amines is 1. The van der Waals surface area contributed by atoms with E-state index in [0.29, 0.717) is 34.8 Å². The Balaban J connectivity index is 1.53. The Labute approximate surface area is 171 Å². The fourth-order valence-corrected chi connectivity index (χ4v) is 3.35. The van der Waals surface area contributed by atoms with Crippen LogP contribution in [-0.4, -0.2) is 34.7 Å². The summed E-state index contributed by atoms with van der Waals surface area (Å²) >= 11 is 0. The summed E-state index contributed by atoms with van der Waals surface area (Å²) < 4.78 is 17.5. The van der Waals surface area contributed by atoms with Crippen LogP contribution in [0.1, 0.15) is 17.9 Å². The first-order valence-electron chi connectivity index (χ1n) is 9.45. The van der Waals surface area contributed by atoms with Gasteiger partial charge in [-0.25, -0.2) is 4.98 Å². The number of hydrogen-bond donors (Lipinski definition) is 2. The van der Waals surface area contributed by atoms with E-state index in [-0.39, 0.29) is 24.4 Å². The van der Waals surface area contributed by atoms with Crippen molar-refractivity contribution in [2.45, 2.75) is 26.4 Å². The van der Waals surface area contributed by atoms with Crippen LogP contribution in [0.2, 0.25) is 0 Å². The van der Waals surface area contributed by atoms with Crippen molar-refractivity contribution in [1.82, 2.24) is 19.9 Å². The lowest BCUT2D eigenvalue weighted by Gasteiger charge is -2.07. The maximum absolute atomic E-state index is 12.9. The topological polar surface area (TPSA) is 111 Å². The predicted octanol–water partition coefficient (Wildman–Crippen LogP) is 2.50. The normalized spacial score (nSPS) is 11.2. The van der Waals surface area contributed by atoms with Crippen LogP contribution in [0.25, 0.3) is 21.9 Å². The SMILES string of the molecule is COc1cc2[nH]c3c(=O)n(CCC(=O)NCc4ccc(C)o4)cnc3c2cc1OC. The van der Waals surface area contributed by atoms with Gasteiger partial charge < -0.3 is 24.2 Å². The van der Waals surface area contributed by atoms with Crippen LogP contribution in [0.4, 0.5) is 0 Å². The summed E-state index contributed by atoms with van der Waals surface area (Å²) in [5, 5.41) is 3.54. The molecule has 4 aromatic rings. The second-order valence-electron chi connectivity index (χ2n) is 6.88. The van der Waals surface area contributed by atoms with Crippen LogP contribution in [0.15, 0.2) is 39.8 Å². The molecule has 30 heavy (non-hydrogen) atoms. The second-order valence-corrected chi connectivity index (χ2v) is 6.88. The summed E-state index contributed by atoms with van der Waals surface area (Å²) in [6.07, 6.45) is 1.60. The van der Waals surface area contributed by atoms with Crippen molar-refractivity contribution in [3.63, 3.8) is 0 Å². The largest absolute Gasteiger partial charge is 0.493 e. The lowest BCUT2D eigenvalue weighted by molar-refractivity contribution is -0.121. The number of H-pyrrole nitrogens is 1. The average Bonchev–Trinajstić information content (AvgIpc) is 3.33. The van der Waals surface area contributed by atoms with E-state index in [1.165, 1.54) is 10.9 Å². The minimum absolute atomic E-state index is 0.147. The van der Waals surface area contributed by atoms with Crippen LogP contribution < -0.4 is 20.3 Å². The van der Waals surface area contributed by atoms with Crippen molar-refractivity contribution in [3.8, 4) is 11.5 Å². The Morgan fingerprint density at radius 1 is 1.23 bits per heavy atom. The number of benzene rings is 1. The molecule has 0 fully saturated rings. The molecule has 0 atom stereocenters. The van der Waals surface area contributed by atoms with Gasteiger partial charge in [0.05, 0.1) is 32.6 Å². The summed E-state index contributed by atoms with van der Waals surface area (Å²) in [4.78, 5) is 32.5. The minimum Gasteiger partial charge on any atom is -0.493 e. The summed E-state index contributed by atoms with van der Waals surface area (Å²) in [5.74, 6) is 2.41. The van der Waals surface area contributed by atoms with E-state index in [9.17, 15) is 9.59 Å². The molecule has 0 bridgehead atoms. The molecule has 0 spiro atoms. The van der Waals surface area contributed by atoms with Crippen LogP contribution >= 0.6 is 0 Å². The third kappa shape index (κ3) is 3.61. The van der Waals surface area contributed by atoms with Gasteiger partial charge in [0.1, 0.15) is 22.6 Å². The predicted molar refractivity (Wildman–Crippen MR) is 111 cm³/mol. The molecule has 4 rings (SSSR count). The molecule has 0 aliphatic rings. The van der Waals surface area contributed by atoms with E-state index in [1.807, 2.05) is 19.1 Å². The quantitative estimate of drug-likeness (QED) is 0.484. The molecule has 0 unspecified atom stereocenters. The van der Waals surface area contributed by atoms with Gasteiger partial charge >= 0.3 is 0 Å². The molecular formula is C21H22N4O5. The van der Waals surface area contributed by atoms with Crippen LogP contribution in [-0.2, 0) is 17.9 Å². The molecule has 1 aromatic carbocycles. The number of hydrogen-bond acceptors (Lipinski definition) is 6. The average molecular weight is 410 g/mol. The third-order valence-electron chi connectivity index (χ3n) is 4.91. The monoisotopic (exact) mass is 410 g/mol.